The number of carbonyl (C=O) groups excluding carboxylic acids is 1. The van der Waals surface area contributed by atoms with Crippen LogP contribution in [-0.4, -0.2) is 25.1 Å². The molecule has 0 amide bonds. The summed E-state index contributed by atoms with van der Waals surface area (Å²) in [5.41, 5.74) is 6.73. The van der Waals surface area contributed by atoms with Gasteiger partial charge in [0.2, 0.25) is 0 Å². The highest BCUT2D eigenvalue weighted by atomic mass is 32.2. The Bertz CT molecular complexity index is 442. The quantitative estimate of drug-likeness (QED) is 0.677. The first-order valence-corrected chi connectivity index (χ1v) is 7.80. The van der Waals surface area contributed by atoms with Crippen LogP contribution in [0.1, 0.15) is 29.9 Å². The lowest BCUT2D eigenvalue weighted by Gasteiger charge is -2.17. The molecule has 0 spiro atoms. The average molecular weight is 270 g/mol. The topological polar surface area (TPSA) is 46.3 Å². The second kappa shape index (κ2) is 4.90. The Hall–Kier alpha value is -0.680. The molecule has 5 heteroatoms. The maximum Gasteiger partial charge on any atom is 0.171 e. The molecule has 1 aromatic heterocycles. The van der Waals surface area contributed by atoms with Crippen LogP contribution in [0.5, 0.6) is 0 Å². The van der Waals surface area contributed by atoms with Crippen molar-refractivity contribution < 1.29 is 4.79 Å². The Morgan fingerprint density at radius 3 is 2.76 bits per heavy atom. The Morgan fingerprint density at radius 1 is 1.59 bits per heavy atom. The van der Waals surface area contributed by atoms with E-state index in [1.165, 1.54) is 11.4 Å². The lowest BCUT2D eigenvalue weighted by Crippen LogP contribution is -2.18. The van der Waals surface area contributed by atoms with Crippen molar-refractivity contribution in [3.63, 3.8) is 0 Å². The summed E-state index contributed by atoms with van der Waals surface area (Å²) in [5, 5.41) is 1.18. The zero-order valence-corrected chi connectivity index (χ0v) is 12.1. The van der Waals surface area contributed by atoms with Crippen LogP contribution in [0.3, 0.4) is 0 Å². The summed E-state index contributed by atoms with van der Waals surface area (Å²) in [7, 11) is 0. The van der Waals surface area contributed by atoms with Gasteiger partial charge in [0.15, 0.2) is 5.78 Å². The second-order valence-corrected chi connectivity index (χ2v) is 6.39. The van der Waals surface area contributed by atoms with Gasteiger partial charge in [-0.05, 0) is 18.6 Å². The maximum atomic E-state index is 11.5. The van der Waals surface area contributed by atoms with Crippen molar-refractivity contribution in [3.8, 4) is 0 Å². The minimum Gasteiger partial charge on any atom is -0.396 e. The van der Waals surface area contributed by atoms with Crippen LogP contribution in [0.25, 0.3) is 0 Å². The Morgan fingerprint density at radius 2 is 2.29 bits per heavy atom. The zero-order chi connectivity index (χ0) is 12.6. The smallest absolute Gasteiger partial charge is 0.171 e. The normalized spacial score (nSPS) is 19.9. The summed E-state index contributed by atoms with van der Waals surface area (Å²) < 4.78 is 0. The van der Waals surface area contributed by atoms with Crippen LogP contribution in [0.15, 0.2) is 4.90 Å². The molecule has 1 unspecified atom stereocenters. The number of thiophene rings is 1. The van der Waals surface area contributed by atoms with Crippen molar-refractivity contribution in [2.24, 2.45) is 5.92 Å². The average Bonchev–Trinajstić information content (AvgIpc) is 2.82. The third-order valence-electron chi connectivity index (χ3n) is 3.12. The van der Waals surface area contributed by atoms with Crippen LogP contribution in [0.2, 0.25) is 0 Å². The standard InChI is InChI=1S/C12H18N2OS2/c1-7-4-5-14(6-7)12-11(16-3)9(13)10(17-12)8(2)15/h7H,4-6,13H2,1-3H3. The van der Waals surface area contributed by atoms with Gasteiger partial charge in [0, 0.05) is 20.0 Å². The highest BCUT2D eigenvalue weighted by Crippen LogP contribution is 2.45. The second-order valence-electron chi connectivity index (χ2n) is 4.58. The van der Waals surface area contributed by atoms with E-state index in [0.717, 1.165) is 23.9 Å². The van der Waals surface area contributed by atoms with Crippen LogP contribution >= 0.6 is 23.1 Å². The van der Waals surface area contributed by atoms with Crippen LogP contribution in [-0.2, 0) is 0 Å². The van der Waals surface area contributed by atoms with Crippen molar-refractivity contribution in [1.82, 2.24) is 0 Å². The fourth-order valence-corrected chi connectivity index (χ4v) is 4.31. The third-order valence-corrected chi connectivity index (χ3v) is 5.44. The van der Waals surface area contributed by atoms with Crippen LogP contribution < -0.4 is 10.6 Å². The van der Waals surface area contributed by atoms with E-state index in [2.05, 4.69) is 11.8 Å². The number of nitrogen functional groups attached to an aromatic ring is 1. The zero-order valence-electron chi connectivity index (χ0n) is 10.4. The summed E-state index contributed by atoms with van der Waals surface area (Å²) >= 11 is 3.19. The molecule has 1 fully saturated rings. The number of Topliss-reactive ketones (excluding diaryl/α,β-unsaturated/α-hetero) is 1. The molecule has 1 aromatic rings. The van der Waals surface area contributed by atoms with E-state index in [0.29, 0.717) is 10.6 Å². The van der Waals surface area contributed by atoms with Crippen molar-refractivity contribution in [3.05, 3.63) is 4.88 Å². The van der Waals surface area contributed by atoms with Gasteiger partial charge in [-0.15, -0.1) is 23.1 Å². The summed E-state index contributed by atoms with van der Waals surface area (Å²) in [6, 6.07) is 0. The summed E-state index contributed by atoms with van der Waals surface area (Å²) in [4.78, 5) is 15.7. The molecule has 0 radical (unpaired) electrons. The molecule has 94 valence electrons. The molecule has 0 aromatic carbocycles. The van der Waals surface area contributed by atoms with Gasteiger partial charge in [0.1, 0.15) is 5.00 Å². The fourth-order valence-electron chi connectivity index (χ4n) is 2.20. The SMILES string of the molecule is CSc1c(N2CCC(C)C2)sc(C(C)=O)c1N. The molecule has 2 rings (SSSR count). The predicted molar refractivity (Wildman–Crippen MR) is 76.5 cm³/mol. The van der Waals surface area contributed by atoms with Gasteiger partial charge < -0.3 is 10.6 Å². The molecule has 17 heavy (non-hydrogen) atoms. The predicted octanol–water partition coefficient (Wildman–Crippen LogP) is 3.10. The van der Waals surface area contributed by atoms with E-state index in [1.807, 2.05) is 6.26 Å². The lowest BCUT2D eigenvalue weighted by atomic mass is 10.2. The number of hydrogen-bond donors (Lipinski definition) is 1. The van der Waals surface area contributed by atoms with Gasteiger partial charge in [-0.2, -0.15) is 0 Å². The van der Waals surface area contributed by atoms with E-state index in [1.54, 1.807) is 30.0 Å². The first-order valence-electron chi connectivity index (χ1n) is 5.76. The molecule has 2 heterocycles. The summed E-state index contributed by atoms with van der Waals surface area (Å²) in [6.07, 6.45) is 3.24. The molecule has 0 aliphatic carbocycles. The van der Waals surface area contributed by atoms with Gasteiger partial charge in [-0.1, -0.05) is 6.92 Å². The molecule has 1 saturated heterocycles. The van der Waals surface area contributed by atoms with Crippen molar-refractivity contribution in [2.45, 2.75) is 25.2 Å². The van der Waals surface area contributed by atoms with E-state index >= 15 is 0 Å². The number of thioether (sulfide) groups is 1. The molecule has 1 aliphatic rings. The van der Waals surface area contributed by atoms with Crippen LogP contribution in [0.4, 0.5) is 10.7 Å². The van der Waals surface area contributed by atoms with Gasteiger partial charge >= 0.3 is 0 Å². The van der Waals surface area contributed by atoms with Crippen molar-refractivity contribution in [1.29, 1.82) is 0 Å². The molecule has 0 saturated carbocycles. The summed E-state index contributed by atoms with van der Waals surface area (Å²) in [6.45, 7) is 6.00. The number of nitrogens with zero attached hydrogens (tertiary/aromatic N) is 1. The van der Waals surface area contributed by atoms with Gasteiger partial charge in [0.25, 0.3) is 0 Å². The fraction of sp³-hybridized carbons (Fsp3) is 0.583. The largest absolute Gasteiger partial charge is 0.396 e. The maximum absolute atomic E-state index is 11.5. The minimum absolute atomic E-state index is 0.0706. The highest BCUT2D eigenvalue weighted by molar-refractivity contribution is 7.99. The number of nitrogens with two attached hydrogens (primary N) is 1. The lowest BCUT2D eigenvalue weighted by molar-refractivity contribution is 0.102. The number of anilines is 2. The Labute approximate surface area is 110 Å². The van der Waals surface area contributed by atoms with E-state index in [-0.39, 0.29) is 5.78 Å². The third kappa shape index (κ3) is 2.31. The van der Waals surface area contributed by atoms with Gasteiger partial charge in [0.05, 0.1) is 15.5 Å². The molecule has 1 aliphatic heterocycles. The number of hydrogen-bond acceptors (Lipinski definition) is 5. The Balaban J connectivity index is 2.39. The van der Waals surface area contributed by atoms with Crippen LogP contribution in [0, 0.1) is 5.92 Å². The molecule has 2 N–H and O–H groups in total. The number of carbonyl (C=O) groups is 1. The molecule has 3 nitrogen and oxygen atoms in total. The molecular weight excluding hydrogens is 252 g/mol. The highest BCUT2D eigenvalue weighted by Gasteiger charge is 2.26. The van der Waals surface area contributed by atoms with Gasteiger partial charge in [-0.3, -0.25) is 4.79 Å². The first-order chi connectivity index (χ1) is 8.04. The Kier molecular flexibility index (Phi) is 3.68. The van der Waals surface area contributed by atoms with E-state index in [4.69, 9.17) is 5.73 Å². The monoisotopic (exact) mass is 270 g/mol. The molecular formula is C12H18N2OS2. The number of rotatable bonds is 3. The van der Waals surface area contributed by atoms with Gasteiger partial charge in [-0.25, -0.2) is 0 Å². The minimum atomic E-state index is 0.0706. The first kappa shape index (κ1) is 12.8. The summed E-state index contributed by atoms with van der Waals surface area (Å²) in [5.74, 6) is 0.801. The number of ketones is 1. The van der Waals surface area contributed by atoms with Crippen molar-refractivity contribution in [2.75, 3.05) is 30.0 Å². The van der Waals surface area contributed by atoms with E-state index in [9.17, 15) is 4.79 Å². The van der Waals surface area contributed by atoms with Crippen molar-refractivity contribution >= 4 is 39.6 Å². The molecule has 1 atom stereocenters. The molecule has 0 bridgehead atoms. The van der Waals surface area contributed by atoms with E-state index < -0.39 is 0 Å².